The summed E-state index contributed by atoms with van der Waals surface area (Å²) in [6.45, 7) is 3.76. The van der Waals surface area contributed by atoms with Crippen molar-refractivity contribution in [1.29, 1.82) is 0 Å². The number of aliphatic hydroxyl groups is 1. The van der Waals surface area contributed by atoms with Crippen LogP contribution >= 0.6 is 11.6 Å². The number of allylic oxidation sites excluding steroid dienone is 2. The second-order valence-corrected chi connectivity index (χ2v) is 6.17. The van der Waals surface area contributed by atoms with Crippen LogP contribution in [0.5, 0.6) is 0 Å². The first-order chi connectivity index (χ1) is 11.3. The highest BCUT2D eigenvalue weighted by Crippen LogP contribution is 2.21. The molecule has 5 nitrogen and oxygen atoms in total. The van der Waals surface area contributed by atoms with Gasteiger partial charge in [0.05, 0.1) is 18.8 Å². The molecule has 1 aliphatic rings. The van der Waals surface area contributed by atoms with Crippen LogP contribution in [0.2, 0.25) is 0 Å². The van der Waals surface area contributed by atoms with E-state index in [1.54, 1.807) is 25.4 Å². The molecule has 3 atom stereocenters. The second-order valence-electron chi connectivity index (χ2n) is 5.76. The van der Waals surface area contributed by atoms with Crippen molar-refractivity contribution in [1.82, 2.24) is 10.2 Å². The predicted octanol–water partition coefficient (Wildman–Crippen LogP) is 2.63. The Labute approximate surface area is 148 Å². The van der Waals surface area contributed by atoms with Crippen molar-refractivity contribution in [2.45, 2.75) is 31.6 Å². The zero-order chi connectivity index (χ0) is 18.1. The minimum absolute atomic E-state index is 0.102. The summed E-state index contributed by atoms with van der Waals surface area (Å²) in [7, 11) is 1.87. The molecule has 0 spiro atoms. The summed E-state index contributed by atoms with van der Waals surface area (Å²) in [5.74, 6) is 0. The van der Waals surface area contributed by atoms with E-state index in [0.29, 0.717) is 12.1 Å². The van der Waals surface area contributed by atoms with Gasteiger partial charge in [-0.1, -0.05) is 11.6 Å². The Balaban J connectivity index is 2.77. The number of aliphatic imine (C=N–C) groups is 1. The van der Waals surface area contributed by atoms with Crippen LogP contribution in [-0.2, 0) is 0 Å². The zero-order valence-corrected chi connectivity index (χ0v) is 15.0. The number of nitrogens with two attached hydrogens (primary N) is 1. The van der Waals surface area contributed by atoms with Crippen molar-refractivity contribution in [3.8, 4) is 0 Å². The summed E-state index contributed by atoms with van der Waals surface area (Å²) in [4.78, 5) is 5.92. The molecule has 0 radical (unpaired) electrons. The number of rotatable bonds is 7. The largest absolute Gasteiger partial charge is 0.515 e. The predicted molar refractivity (Wildman–Crippen MR) is 99.0 cm³/mol. The lowest BCUT2D eigenvalue weighted by atomic mass is 10.1. The Bertz CT molecular complexity index is 555. The lowest BCUT2D eigenvalue weighted by Crippen LogP contribution is -2.38. The lowest BCUT2D eigenvalue weighted by Gasteiger charge is -2.30. The Morgan fingerprint density at radius 2 is 2.33 bits per heavy atom. The number of likely N-dealkylation sites (N-methyl/N-ethyl adjacent to an activating group) is 1. The molecule has 134 valence electrons. The average molecular weight is 357 g/mol. The van der Waals surface area contributed by atoms with Crippen molar-refractivity contribution >= 4 is 17.8 Å². The van der Waals surface area contributed by atoms with E-state index in [1.807, 2.05) is 24.2 Å². The molecule has 0 aromatic rings. The number of hydrogen-bond donors (Lipinski definition) is 3. The van der Waals surface area contributed by atoms with Crippen molar-refractivity contribution in [2.24, 2.45) is 10.7 Å². The number of nitrogens with one attached hydrogen (secondary N) is 1. The molecular formula is C17H26ClFN4O. The van der Waals surface area contributed by atoms with Gasteiger partial charge in [0.25, 0.3) is 0 Å². The summed E-state index contributed by atoms with van der Waals surface area (Å²) in [6.07, 6.45) is 8.89. The standard InChI is InChI=1S/C17H26ClFN4O/c1-12(11-24)6-14(8-21-7-13(2)19)9-22-10-15-16(20)4-5-23(3)17(15)18/h4-6,8,10-11,13,16-17,22,24H,7,9,20H2,1-3H3/b12-11+,14-6+,15-10+,21-8-. The van der Waals surface area contributed by atoms with E-state index < -0.39 is 6.17 Å². The molecule has 0 bridgehead atoms. The normalized spacial score (nSPS) is 25.6. The van der Waals surface area contributed by atoms with Crippen LogP contribution < -0.4 is 11.1 Å². The third kappa shape index (κ3) is 6.76. The van der Waals surface area contributed by atoms with Gasteiger partial charge in [-0.15, -0.1) is 0 Å². The highest BCUT2D eigenvalue weighted by molar-refractivity contribution is 6.22. The van der Waals surface area contributed by atoms with Crippen LogP contribution in [0.1, 0.15) is 13.8 Å². The number of hydrogen-bond acceptors (Lipinski definition) is 5. The van der Waals surface area contributed by atoms with Gasteiger partial charge in [-0.05, 0) is 43.3 Å². The molecular weight excluding hydrogens is 331 g/mol. The van der Waals surface area contributed by atoms with E-state index in [2.05, 4.69) is 10.3 Å². The van der Waals surface area contributed by atoms with Crippen LogP contribution in [0.3, 0.4) is 0 Å². The monoisotopic (exact) mass is 356 g/mol. The van der Waals surface area contributed by atoms with Gasteiger partial charge < -0.3 is 21.1 Å². The number of nitrogens with zero attached hydrogens (tertiary/aromatic N) is 2. The fourth-order valence-electron chi connectivity index (χ4n) is 2.04. The van der Waals surface area contributed by atoms with Gasteiger partial charge in [0, 0.05) is 31.6 Å². The van der Waals surface area contributed by atoms with Crippen LogP contribution in [0, 0.1) is 0 Å². The maximum absolute atomic E-state index is 12.8. The summed E-state index contributed by atoms with van der Waals surface area (Å²) in [5.41, 5.74) is 8.04. The van der Waals surface area contributed by atoms with Gasteiger partial charge in [-0.2, -0.15) is 0 Å². The van der Waals surface area contributed by atoms with Crippen LogP contribution in [0.4, 0.5) is 4.39 Å². The van der Waals surface area contributed by atoms with E-state index >= 15 is 0 Å². The Morgan fingerprint density at radius 1 is 1.62 bits per heavy atom. The maximum atomic E-state index is 12.8. The van der Waals surface area contributed by atoms with Crippen LogP contribution in [0.25, 0.3) is 0 Å². The van der Waals surface area contributed by atoms with E-state index in [0.717, 1.165) is 17.4 Å². The van der Waals surface area contributed by atoms with Crippen LogP contribution in [-0.4, -0.2) is 54.1 Å². The SMILES string of the molecule is CC(/C=C(\C=N/CC(C)F)CN/C=C1\C(N)C=CN(C)C1Cl)=C\O. The van der Waals surface area contributed by atoms with E-state index in [9.17, 15) is 4.39 Å². The van der Waals surface area contributed by atoms with Gasteiger partial charge in [0.2, 0.25) is 0 Å². The lowest BCUT2D eigenvalue weighted by molar-refractivity contribution is 0.371. The van der Waals surface area contributed by atoms with Gasteiger partial charge >= 0.3 is 0 Å². The molecule has 0 saturated carbocycles. The Morgan fingerprint density at radius 3 is 2.96 bits per heavy atom. The van der Waals surface area contributed by atoms with Crippen molar-refractivity contribution in [3.63, 3.8) is 0 Å². The average Bonchev–Trinajstić information content (AvgIpc) is 2.53. The van der Waals surface area contributed by atoms with Gasteiger partial charge in [0.1, 0.15) is 11.7 Å². The number of halogens is 2. The minimum atomic E-state index is -0.994. The first-order valence-corrected chi connectivity index (χ1v) is 8.17. The zero-order valence-electron chi connectivity index (χ0n) is 14.3. The summed E-state index contributed by atoms with van der Waals surface area (Å²) < 4.78 is 12.8. The molecule has 0 amide bonds. The topological polar surface area (TPSA) is 73.9 Å². The molecule has 0 saturated heterocycles. The fraction of sp³-hybridized carbons (Fsp3) is 0.471. The third-order valence-electron chi connectivity index (χ3n) is 3.35. The van der Waals surface area contributed by atoms with E-state index in [1.165, 1.54) is 6.92 Å². The minimum Gasteiger partial charge on any atom is -0.515 e. The molecule has 3 unspecified atom stereocenters. The molecule has 0 fully saturated rings. The quantitative estimate of drug-likeness (QED) is 0.215. The van der Waals surface area contributed by atoms with Gasteiger partial charge in [-0.25, -0.2) is 4.39 Å². The molecule has 4 N–H and O–H groups in total. The van der Waals surface area contributed by atoms with E-state index in [-0.39, 0.29) is 18.1 Å². The second kappa shape index (κ2) is 10.2. The summed E-state index contributed by atoms with van der Waals surface area (Å²) >= 11 is 6.33. The molecule has 1 aliphatic heterocycles. The fourth-order valence-corrected chi connectivity index (χ4v) is 2.31. The highest BCUT2D eigenvalue weighted by Gasteiger charge is 2.22. The molecule has 1 heterocycles. The first-order valence-electron chi connectivity index (χ1n) is 7.73. The molecule has 24 heavy (non-hydrogen) atoms. The van der Waals surface area contributed by atoms with Crippen LogP contribution in [0.15, 0.2) is 52.5 Å². The van der Waals surface area contributed by atoms with E-state index in [4.69, 9.17) is 22.4 Å². The number of alkyl halides is 2. The molecule has 1 rings (SSSR count). The molecule has 0 aliphatic carbocycles. The van der Waals surface area contributed by atoms with Gasteiger partial charge in [-0.3, -0.25) is 4.99 Å². The molecule has 7 heteroatoms. The molecule has 0 aromatic heterocycles. The molecule has 0 aromatic carbocycles. The maximum Gasteiger partial charge on any atom is 0.128 e. The summed E-state index contributed by atoms with van der Waals surface area (Å²) in [5, 5.41) is 12.2. The van der Waals surface area contributed by atoms with Gasteiger partial charge in [0.15, 0.2) is 0 Å². The van der Waals surface area contributed by atoms with Crippen molar-refractivity contribution in [3.05, 3.63) is 47.5 Å². The van der Waals surface area contributed by atoms with Crippen molar-refractivity contribution in [2.75, 3.05) is 20.1 Å². The van der Waals surface area contributed by atoms with Crippen molar-refractivity contribution < 1.29 is 9.50 Å². The smallest absolute Gasteiger partial charge is 0.128 e. The highest BCUT2D eigenvalue weighted by atomic mass is 35.5. The Hall–Kier alpha value is -1.79. The third-order valence-corrected chi connectivity index (χ3v) is 3.91. The first kappa shape index (κ1) is 20.3. The number of aliphatic hydroxyl groups excluding tert-OH is 1. The summed E-state index contributed by atoms with van der Waals surface area (Å²) in [6, 6.07) is -0.247. The Kier molecular flexibility index (Phi) is 8.57.